The number of amides is 1. The first-order valence-electron chi connectivity index (χ1n) is 3.85. The molecule has 0 unspecified atom stereocenters. The molecule has 0 spiro atoms. The predicted octanol–water partition coefficient (Wildman–Crippen LogP) is -0.520. The number of hydrogen-bond donors (Lipinski definition) is 3. The van der Waals surface area contributed by atoms with Crippen LogP contribution in [0, 0.1) is 0 Å². The highest BCUT2D eigenvalue weighted by Gasteiger charge is 2.17. The second kappa shape index (κ2) is 4.58. The maximum absolute atomic E-state index is 10.9. The zero-order chi connectivity index (χ0) is 11.4. The maximum Gasteiger partial charge on any atom is 0.423 e. The van der Waals surface area contributed by atoms with E-state index in [1.807, 2.05) is 10.1 Å². The van der Waals surface area contributed by atoms with Gasteiger partial charge in [0.05, 0.1) is 0 Å². The van der Waals surface area contributed by atoms with Crippen LogP contribution >= 0.6 is 0 Å². The molecule has 0 saturated heterocycles. The van der Waals surface area contributed by atoms with Crippen molar-refractivity contribution in [2.24, 2.45) is 0 Å². The Morgan fingerprint density at radius 2 is 1.79 bits per heavy atom. The first-order chi connectivity index (χ1) is 6.16. The largest absolute Gasteiger partial charge is 0.443 e. The molecule has 0 aliphatic heterocycles. The monoisotopic (exact) mass is 225 g/mol. The van der Waals surface area contributed by atoms with E-state index in [1.165, 1.54) is 7.05 Å². The third-order valence-corrected chi connectivity index (χ3v) is 1.86. The summed E-state index contributed by atoms with van der Waals surface area (Å²) in [7, 11) is -2.47. The van der Waals surface area contributed by atoms with Crippen LogP contribution in [-0.4, -0.2) is 27.2 Å². The number of ether oxygens (including phenoxy) is 1. The van der Waals surface area contributed by atoms with Gasteiger partial charge in [-0.05, 0) is 20.8 Å². The summed E-state index contributed by atoms with van der Waals surface area (Å²) in [5.41, 5.74) is 1.20. The van der Waals surface area contributed by atoms with Gasteiger partial charge in [0.2, 0.25) is 0 Å². The molecule has 0 atom stereocenters. The van der Waals surface area contributed by atoms with Crippen LogP contribution in [0.3, 0.4) is 0 Å². The van der Waals surface area contributed by atoms with E-state index in [9.17, 15) is 13.2 Å². The van der Waals surface area contributed by atoms with Crippen LogP contribution in [0.1, 0.15) is 20.8 Å². The summed E-state index contributed by atoms with van der Waals surface area (Å²) in [5, 5.41) is 0. The van der Waals surface area contributed by atoms with E-state index in [4.69, 9.17) is 4.74 Å². The Balaban J connectivity index is 4.00. The first kappa shape index (κ1) is 13.1. The highest BCUT2D eigenvalue weighted by Crippen LogP contribution is 2.05. The van der Waals surface area contributed by atoms with Gasteiger partial charge in [0.1, 0.15) is 5.60 Å². The third-order valence-electron chi connectivity index (χ3n) is 0.955. The molecule has 14 heavy (non-hydrogen) atoms. The number of carbonyl (C=O) groups excluding carboxylic acids is 1. The molecule has 0 aliphatic rings. The quantitative estimate of drug-likeness (QED) is 0.563. The fraction of sp³-hybridized carbons (Fsp3) is 0.833. The van der Waals surface area contributed by atoms with Crippen molar-refractivity contribution in [3.63, 3.8) is 0 Å². The van der Waals surface area contributed by atoms with Crippen molar-refractivity contribution in [3.8, 4) is 0 Å². The van der Waals surface area contributed by atoms with Crippen LogP contribution in [-0.2, 0) is 14.9 Å². The summed E-state index contributed by atoms with van der Waals surface area (Å²) in [5.74, 6) is 0. The molecule has 0 saturated carbocycles. The number of nitrogens with one attached hydrogen (secondary N) is 3. The Hall–Kier alpha value is -0.860. The summed E-state index contributed by atoms with van der Waals surface area (Å²) in [6, 6.07) is 0. The van der Waals surface area contributed by atoms with Crippen molar-refractivity contribution < 1.29 is 17.9 Å². The minimum Gasteiger partial charge on any atom is -0.443 e. The second-order valence-corrected chi connectivity index (χ2v) is 5.06. The molecule has 0 rings (SSSR count). The van der Waals surface area contributed by atoms with Gasteiger partial charge in [-0.1, -0.05) is 0 Å². The fourth-order valence-corrected chi connectivity index (χ4v) is 0.783. The summed E-state index contributed by atoms with van der Waals surface area (Å²) < 4.78 is 28.3. The van der Waals surface area contributed by atoms with Crippen LogP contribution in [0.15, 0.2) is 0 Å². The molecule has 0 aromatic rings. The van der Waals surface area contributed by atoms with Gasteiger partial charge in [0.15, 0.2) is 0 Å². The van der Waals surface area contributed by atoms with E-state index < -0.39 is 21.9 Å². The average molecular weight is 225 g/mol. The van der Waals surface area contributed by atoms with Crippen LogP contribution < -0.4 is 15.0 Å². The van der Waals surface area contributed by atoms with E-state index in [2.05, 4.69) is 0 Å². The van der Waals surface area contributed by atoms with Crippen LogP contribution in [0.4, 0.5) is 4.79 Å². The molecule has 3 N–H and O–H groups in total. The standard InChI is InChI=1S/C6H15N3O4S/c1-6(2,3)13-5(10)8-9-14(11,12)7-4/h7,9H,1-4H3,(H,8,10). The van der Waals surface area contributed by atoms with Gasteiger partial charge >= 0.3 is 6.09 Å². The maximum atomic E-state index is 10.9. The Kier molecular flexibility index (Phi) is 4.30. The summed E-state index contributed by atoms with van der Waals surface area (Å²) in [4.78, 5) is 12.7. The van der Waals surface area contributed by atoms with Crippen molar-refractivity contribution in [1.82, 2.24) is 15.0 Å². The zero-order valence-corrected chi connectivity index (χ0v) is 9.36. The van der Waals surface area contributed by atoms with E-state index >= 15 is 0 Å². The van der Waals surface area contributed by atoms with Crippen molar-refractivity contribution in [1.29, 1.82) is 0 Å². The fourth-order valence-electron chi connectivity index (χ4n) is 0.463. The molecule has 7 nitrogen and oxygen atoms in total. The van der Waals surface area contributed by atoms with E-state index in [0.29, 0.717) is 0 Å². The summed E-state index contributed by atoms with van der Waals surface area (Å²) >= 11 is 0. The smallest absolute Gasteiger partial charge is 0.423 e. The van der Waals surface area contributed by atoms with Crippen molar-refractivity contribution in [2.75, 3.05) is 7.05 Å². The van der Waals surface area contributed by atoms with E-state index in [-0.39, 0.29) is 0 Å². The molecular formula is C6H15N3O4S. The molecule has 0 fully saturated rings. The minimum atomic E-state index is -3.68. The SMILES string of the molecule is CNS(=O)(=O)NNC(=O)OC(C)(C)C. The van der Waals surface area contributed by atoms with Crippen molar-refractivity contribution >= 4 is 16.3 Å². The predicted molar refractivity (Wildman–Crippen MR) is 50.5 cm³/mol. The van der Waals surface area contributed by atoms with Crippen LogP contribution in [0.2, 0.25) is 0 Å². The second-order valence-electron chi connectivity index (χ2n) is 3.44. The van der Waals surface area contributed by atoms with Crippen molar-refractivity contribution in [3.05, 3.63) is 0 Å². The highest BCUT2D eigenvalue weighted by atomic mass is 32.2. The molecule has 0 aliphatic carbocycles. The highest BCUT2D eigenvalue weighted by molar-refractivity contribution is 7.87. The molecule has 0 bridgehead atoms. The number of hydrazine groups is 1. The molecule has 0 aromatic heterocycles. The Morgan fingerprint density at radius 1 is 1.29 bits per heavy atom. The topological polar surface area (TPSA) is 96.5 Å². The van der Waals surface area contributed by atoms with Gasteiger partial charge in [-0.3, -0.25) is 0 Å². The van der Waals surface area contributed by atoms with E-state index in [1.54, 1.807) is 25.6 Å². The molecular weight excluding hydrogens is 210 g/mol. The molecule has 0 heterocycles. The van der Waals surface area contributed by atoms with Gasteiger partial charge in [-0.2, -0.15) is 8.42 Å². The lowest BCUT2D eigenvalue weighted by atomic mass is 10.2. The first-order valence-corrected chi connectivity index (χ1v) is 5.34. The number of rotatable bonds is 3. The van der Waals surface area contributed by atoms with Gasteiger partial charge in [0.25, 0.3) is 10.2 Å². The van der Waals surface area contributed by atoms with Crippen LogP contribution in [0.5, 0.6) is 0 Å². The van der Waals surface area contributed by atoms with Gasteiger partial charge in [-0.25, -0.2) is 14.9 Å². The lowest BCUT2D eigenvalue weighted by Crippen LogP contribution is -2.47. The Labute approximate surface area is 83.4 Å². The summed E-state index contributed by atoms with van der Waals surface area (Å²) in [6.45, 7) is 5.00. The normalized spacial score (nSPS) is 12.3. The lowest BCUT2D eigenvalue weighted by Gasteiger charge is -2.19. The lowest BCUT2D eigenvalue weighted by molar-refractivity contribution is 0.0515. The van der Waals surface area contributed by atoms with Gasteiger partial charge in [0, 0.05) is 7.05 Å². The molecule has 0 aromatic carbocycles. The van der Waals surface area contributed by atoms with Gasteiger partial charge < -0.3 is 4.74 Å². The minimum absolute atomic E-state index is 0.671. The Morgan fingerprint density at radius 3 is 2.14 bits per heavy atom. The molecule has 0 radical (unpaired) electrons. The van der Waals surface area contributed by atoms with Crippen molar-refractivity contribution in [2.45, 2.75) is 26.4 Å². The van der Waals surface area contributed by atoms with Crippen LogP contribution in [0.25, 0.3) is 0 Å². The third kappa shape index (κ3) is 6.63. The van der Waals surface area contributed by atoms with Gasteiger partial charge in [-0.15, -0.1) is 4.83 Å². The molecule has 84 valence electrons. The molecule has 1 amide bonds. The number of carbonyl (C=O) groups is 1. The van der Waals surface area contributed by atoms with E-state index in [0.717, 1.165) is 0 Å². The summed E-state index contributed by atoms with van der Waals surface area (Å²) in [6.07, 6.45) is -0.865. The molecule has 8 heteroatoms. The number of hydrogen-bond acceptors (Lipinski definition) is 4. The zero-order valence-electron chi connectivity index (χ0n) is 8.54. The average Bonchev–Trinajstić information content (AvgIpc) is 1.98. The Bertz CT molecular complexity index is 293.